The molecule has 50 heavy (non-hydrogen) atoms. The van der Waals surface area contributed by atoms with Crippen LogP contribution < -0.4 is 9.64 Å². The number of phenolic OH excluding ortho intramolecular Hbond substituents is 1. The molecule has 1 saturated heterocycles. The SMILES string of the molecule is CC(C)(C)[Si](C)(C)O[C@@H](CS[C@H]1C(=O)N(c2ccccc2)[C@@H]1c1ccc(-c2cccc(O)c2)cc1OCc1ccccc1)c1ccc(F)cc1. The van der Waals surface area contributed by atoms with E-state index in [1.807, 2.05) is 95.9 Å². The van der Waals surface area contributed by atoms with E-state index in [-0.39, 0.29) is 34.7 Å². The zero-order chi connectivity index (χ0) is 35.5. The molecular formula is C42H44FNO4SSi. The summed E-state index contributed by atoms with van der Waals surface area (Å²) in [5.41, 5.74) is 5.40. The van der Waals surface area contributed by atoms with Gasteiger partial charge in [0, 0.05) is 17.0 Å². The average Bonchev–Trinajstić information content (AvgIpc) is 3.10. The molecule has 1 aliphatic heterocycles. The molecule has 0 radical (unpaired) electrons. The topological polar surface area (TPSA) is 59.0 Å². The number of phenols is 1. The van der Waals surface area contributed by atoms with Gasteiger partial charge in [-0.15, -0.1) is 11.8 Å². The summed E-state index contributed by atoms with van der Waals surface area (Å²) in [7, 11) is -2.23. The Morgan fingerprint density at radius 3 is 2.16 bits per heavy atom. The molecule has 0 aliphatic carbocycles. The first kappa shape index (κ1) is 35.5. The Hall–Kier alpha value is -4.37. The van der Waals surface area contributed by atoms with Crippen LogP contribution in [-0.4, -0.2) is 30.3 Å². The van der Waals surface area contributed by atoms with Crippen molar-refractivity contribution in [3.8, 4) is 22.6 Å². The van der Waals surface area contributed by atoms with Gasteiger partial charge in [0.1, 0.15) is 29.2 Å². The first-order valence-corrected chi connectivity index (χ1v) is 20.9. The molecule has 0 saturated carbocycles. The Balaban J connectivity index is 1.37. The molecule has 0 bridgehead atoms. The van der Waals surface area contributed by atoms with Gasteiger partial charge >= 0.3 is 0 Å². The molecule has 258 valence electrons. The molecule has 1 fully saturated rings. The minimum Gasteiger partial charge on any atom is -0.508 e. The van der Waals surface area contributed by atoms with E-state index in [4.69, 9.17) is 9.16 Å². The number of aromatic hydroxyl groups is 1. The van der Waals surface area contributed by atoms with Crippen molar-refractivity contribution in [3.05, 3.63) is 150 Å². The standard InChI is InChI=1S/C42H44FNO4SSi/c1-42(2,3)50(4,5)48-38(30-19-22-33(43)23-20-30)28-49-40-39(44(41(40)46)34-16-10-7-11-17-34)36-24-21-32(31-15-12-18-35(45)25-31)26-37(36)47-27-29-13-8-6-9-14-29/h6-26,38-40,45H,27-28H2,1-5H3/t38-,39+,40+/m0/s1. The van der Waals surface area contributed by atoms with Crippen molar-refractivity contribution in [2.24, 2.45) is 0 Å². The maximum absolute atomic E-state index is 14.2. The number of halogens is 1. The first-order chi connectivity index (χ1) is 23.9. The fraction of sp³-hybridized carbons (Fsp3) is 0.262. The highest BCUT2D eigenvalue weighted by atomic mass is 32.2. The van der Waals surface area contributed by atoms with E-state index in [1.54, 1.807) is 36.0 Å². The number of carbonyl (C=O) groups is 1. The number of anilines is 1. The van der Waals surface area contributed by atoms with Gasteiger partial charge in [-0.1, -0.05) is 106 Å². The molecule has 1 heterocycles. The minimum absolute atomic E-state index is 0.0162. The van der Waals surface area contributed by atoms with Gasteiger partial charge in [0.2, 0.25) is 5.91 Å². The quantitative estimate of drug-likeness (QED) is 0.103. The maximum atomic E-state index is 14.2. The van der Waals surface area contributed by atoms with Crippen molar-refractivity contribution in [2.75, 3.05) is 10.7 Å². The molecule has 0 spiro atoms. The third-order valence-electron chi connectivity index (χ3n) is 9.74. The number of nitrogens with zero attached hydrogens (tertiary/aromatic N) is 1. The molecule has 8 heteroatoms. The molecule has 5 aromatic carbocycles. The van der Waals surface area contributed by atoms with Crippen LogP contribution in [0.5, 0.6) is 11.5 Å². The van der Waals surface area contributed by atoms with Crippen LogP contribution in [-0.2, 0) is 15.8 Å². The molecule has 1 amide bonds. The van der Waals surface area contributed by atoms with E-state index in [2.05, 4.69) is 33.9 Å². The first-order valence-electron chi connectivity index (χ1n) is 16.9. The number of benzene rings is 5. The summed E-state index contributed by atoms with van der Waals surface area (Å²) >= 11 is 1.58. The van der Waals surface area contributed by atoms with Crippen LogP contribution in [0.2, 0.25) is 18.1 Å². The van der Waals surface area contributed by atoms with Gasteiger partial charge in [0.15, 0.2) is 8.32 Å². The Kier molecular flexibility index (Phi) is 10.5. The number of rotatable bonds is 12. The van der Waals surface area contributed by atoms with E-state index in [9.17, 15) is 14.3 Å². The highest BCUT2D eigenvalue weighted by molar-refractivity contribution is 8.00. The Morgan fingerprint density at radius 1 is 0.840 bits per heavy atom. The van der Waals surface area contributed by atoms with Gasteiger partial charge in [-0.3, -0.25) is 4.79 Å². The second-order valence-electron chi connectivity index (χ2n) is 14.2. The summed E-state index contributed by atoms with van der Waals surface area (Å²) in [6.07, 6.45) is -0.317. The smallest absolute Gasteiger partial charge is 0.243 e. The summed E-state index contributed by atoms with van der Waals surface area (Å²) in [6, 6.07) is 39.2. The van der Waals surface area contributed by atoms with Crippen LogP contribution in [0.25, 0.3) is 11.1 Å². The van der Waals surface area contributed by atoms with Gasteiger partial charge in [-0.25, -0.2) is 4.39 Å². The second kappa shape index (κ2) is 14.9. The predicted octanol–water partition coefficient (Wildman–Crippen LogP) is 10.7. The third-order valence-corrected chi connectivity index (χ3v) is 15.5. The Morgan fingerprint density at radius 2 is 1.50 bits per heavy atom. The number of thioether (sulfide) groups is 1. The summed E-state index contributed by atoms with van der Waals surface area (Å²) in [6.45, 7) is 11.4. The van der Waals surface area contributed by atoms with Crippen LogP contribution in [0.1, 0.15) is 49.6 Å². The normalized spacial score (nSPS) is 16.9. The largest absolute Gasteiger partial charge is 0.508 e. The van der Waals surface area contributed by atoms with Crippen LogP contribution in [0.15, 0.2) is 127 Å². The van der Waals surface area contributed by atoms with Crippen LogP contribution in [0.4, 0.5) is 10.1 Å². The van der Waals surface area contributed by atoms with Crippen LogP contribution in [0.3, 0.4) is 0 Å². The lowest BCUT2D eigenvalue weighted by molar-refractivity contribution is -0.123. The molecule has 6 rings (SSSR count). The Bertz CT molecular complexity index is 1910. The third kappa shape index (κ3) is 7.83. The molecule has 5 aromatic rings. The summed E-state index contributed by atoms with van der Waals surface area (Å²) in [4.78, 5) is 16.0. The number of amides is 1. The van der Waals surface area contributed by atoms with Gasteiger partial charge < -0.3 is 19.2 Å². The zero-order valence-corrected chi connectivity index (χ0v) is 31.0. The van der Waals surface area contributed by atoms with Crippen molar-refractivity contribution in [3.63, 3.8) is 0 Å². The average molecular weight is 706 g/mol. The molecule has 0 aromatic heterocycles. The van der Waals surface area contributed by atoms with E-state index < -0.39 is 13.6 Å². The fourth-order valence-corrected chi connectivity index (χ4v) is 8.66. The predicted molar refractivity (Wildman–Crippen MR) is 205 cm³/mol. The minimum atomic E-state index is -2.23. The summed E-state index contributed by atoms with van der Waals surface area (Å²) < 4.78 is 27.5. The highest BCUT2D eigenvalue weighted by Gasteiger charge is 2.51. The van der Waals surface area contributed by atoms with Crippen molar-refractivity contribution >= 4 is 31.7 Å². The lowest BCUT2D eigenvalue weighted by Gasteiger charge is -2.48. The lowest BCUT2D eigenvalue weighted by atomic mass is 9.90. The number of hydrogen-bond donors (Lipinski definition) is 1. The van der Waals surface area contributed by atoms with Crippen molar-refractivity contribution in [1.29, 1.82) is 0 Å². The monoisotopic (exact) mass is 705 g/mol. The molecule has 1 N–H and O–H groups in total. The van der Waals surface area contributed by atoms with Gasteiger partial charge in [-0.2, -0.15) is 0 Å². The van der Waals surface area contributed by atoms with Gasteiger partial charge in [0.05, 0.1) is 12.1 Å². The maximum Gasteiger partial charge on any atom is 0.243 e. The number of ether oxygens (including phenoxy) is 1. The highest BCUT2D eigenvalue weighted by Crippen LogP contribution is 2.50. The number of hydrogen-bond acceptors (Lipinski definition) is 5. The summed E-state index contributed by atoms with van der Waals surface area (Å²) in [5, 5.41) is 9.78. The zero-order valence-electron chi connectivity index (χ0n) is 29.2. The number of carbonyl (C=O) groups excluding carboxylic acids is 1. The van der Waals surface area contributed by atoms with E-state index >= 15 is 0 Å². The van der Waals surface area contributed by atoms with Crippen molar-refractivity contribution < 1.29 is 23.5 Å². The summed E-state index contributed by atoms with van der Waals surface area (Å²) in [5.74, 6) is 1.10. The van der Waals surface area contributed by atoms with Gasteiger partial charge in [-0.05, 0) is 82.9 Å². The lowest BCUT2D eigenvalue weighted by Crippen LogP contribution is -2.58. The molecule has 1 aliphatic rings. The fourth-order valence-electron chi connectivity index (χ4n) is 5.91. The number of β-lactam (4-membered cyclic amide) rings is 1. The van der Waals surface area contributed by atoms with Crippen LogP contribution >= 0.6 is 11.8 Å². The van der Waals surface area contributed by atoms with Crippen molar-refractivity contribution in [1.82, 2.24) is 0 Å². The molecular weight excluding hydrogens is 662 g/mol. The second-order valence-corrected chi connectivity index (χ2v) is 20.2. The molecule has 3 atom stereocenters. The van der Waals surface area contributed by atoms with Gasteiger partial charge in [0.25, 0.3) is 0 Å². The molecule has 0 unspecified atom stereocenters. The van der Waals surface area contributed by atoms with E-state index in [0.29, 0.717) is 18.1 Å². The van der Waals surface area contributed by atoms with E-state index in [0.717, 1.165) is 33.5 Å². The van der Waals surface area contributed by atoms with Crippen LogP contribution in [0, 0.1) is 5.82 Å². The van der Waals surface area contributed by atoms with Crippen molar-refractivity contribution in [2.45, 2.75) is 62.9 Å². The number of para-hydroxylation sites is 1. The van der Waals surface area contributed by atoms with E-state index in [1.165, 1.54) is 12.1 Å². The molecule has 5 nitrogen and oxygen atoms in total. The Labute approximate surface area is 300 Å².